The van der Waals surface area contributed by atoms with Crippen LogP contribution in [0.3, 0.4) is 0 Å². The molecule has 0 N–H and O–H groups in total. The van der Waals surface area contributed by atoms with Gasteiger partial charge in [-0.25, -0.2) is 0 Å². The van der Waals surface area contributed by atoms with Crippen LogP contribution in [0.4, 0.5) is 0 Å². The van der Waals surface area contributed by atoms with Crippen molar-refractivity contribution in [3.05, 3.63) is 530 Å². The van der Waals surface area contributed by atoms with Gasteiger partial charge in [0.15, 0.2) is 0 Å². The van der Waals surface area contributed by atoms with Crippen LogP contribution < -0.4 is 0 Å². The second kappa shape index (κ2) is 41.3. The van der Waals surface area contributed by atoms with Crippen molar-refractivity contribution < 1.29 is 13.3 Å². The zero-order valence-corrected chi connectivity index (χ0v) is 74.5. The summed E-state index contributed by atoms with van der Waals surface area (Å²) in [5.74, 6) is 0. The predicted molar refractivity (Wildman–Crippen MR) is 554 cm³/mol. The Balaban J connectivity index is 0.000000108. The van der Waals surface area contributed by atoms with Crippen LogP contribution in [0.5, 0.6) is 0 Å². The topological polar surface area (TPSA) is 39.4 Å². The van der Waals surface area contributed by atoms with Crippen molar-refractivity contribution in [3.8, 4) is 111 Å². The summed E-state index contributed by atoms with van der Waals surface area (Å²) in [5.41, 5.74) is 40.0. The number of benzene rings is 20. The number of hydrogen-bond donors (Lipinski definition) is 0. The highest BCUT2D eigenvalue weighted by molar-refractivity contribution is 6.07. The van der Waals surface area contributed by atoms with Crippen molar-refractivity contribution in [2.45, 2.75) is 48.5 Å². The number of furan rings is 3. The van der Waals surface area contributed by atoms with Crippen molar-refractivity contribution in [1.82, 2.24) is 0 Å². The van der Waals surface area contributed by atoms with E-state index in [1.165, 1.54) is 183 Å². The van der Waals surface area contributed by atoms with Crippen molar-refractivity contribution in [1.29, 1.82) is 0 Å². The van der Waals surface area contributed by atoms with Crippen molar-refractivity contribution in [3.63, 3.8) is 0 Å². The lowest BCUT2D eigenvalue weighted by molar-refractivity contribution is 0.665. The van der Waals surface area contributed by atoms with Gasteiger partial charge in [-0.2, -0.15) is 0 Å². The second-order valence-corrected chi connectivity index (χ2v) is 33.0. The fourth-order valence-electron chi connectivity index (χ4n) is 16.7. The van der Waals surface area contributed by atoms with Crippen LogP contribution in [-0.4, -0.2) is 0 Å². The Hall–Kier alpha value is -16.2. The maximum absolute atomic E-state index is 5.78. The molecule has 3 heterocycles. The minimum atomic E-state index is 0.966. The Bertz CT molecular complexity index is 7460. The summed E-state index contributed by atoms with van der Waals surface area (Å²) >= 11 is 0. The first kappa shape index (κ1) is 85.9. The molecule has 0 atom stereocenters. The normalized spacial score (nSPS) is 10.7. The molecule has 23 rings (SSSR count). The van der Waals surface area contributed by atoms with E-state index in [0.29, 0.717) is 0 Å². The average molecular weight is 1680 g/mol. The molecule has 628 valence electrons. The number of aryl methyl sites for hydroxylation is 7. The number of fused-ring (bicyclic) bond motifs is 9. The van der Waals surface area contributed by atoms with E-state index in [0.717, 1.165) is 33.5 Å². The summed E-state index contributed by atoms with van der Waals surface area (Å²) in [6, 6.07) is 172. The molecular formula is C127H102O3. The van der Waals surface area contributed by atoms with Gasteiger partial charge in [0.25, 0.3) is 0 Å². The van der Waals surface area contributed by atoms with Gasteiger partial charge >= 0.3 is 0 Å². The fraction of sp³-hybridized carbons (Fsp3) is 0.0551. The molecule has 0 radical (unpaired) electrons. The lowest BCUT2D eigenvalue weighted by Gasteiger charge is -2.13. The van der Waals surface area contributed by atoms with Gasteiger partial charge < -0.3 is 13.3 Å². The molecule has 3 heteroatoms. The minimum absolute atomic E-state index is 0.966. The van der Waals surface area contributed by atoms with E-state index < -0.39 is 0 Å². The van der Waals surface area contributed by atoms with Crippen LogP contribution in [0.25, 0.3) is 177 Å². The van der Waals surface area contributed by atoms with Crippen LogP contribution in [-0.2, 0) is 0 Å². The molecule has 0 saturated heterocycles. The Morgan fingerprint density at radius 2 is 0.385 bits per heavy atom. The van der Waals surface area contributed by atoms with Gasteiger partial charge in [0.1, 0.15) is 33.5 Å². The third kappa shape index (κ3) is 20.8. The van der Waals surface area contributed by atoms with Gasteiger partial charge in [-0.05, 0) is 237 Å². The summed E-state index contributed by atoms with van der Waals surface area (Å²) in [7, 11) is 0. The first-order valence-corrected chi connectivity index (χ1v) is 44.6. The Labute approximate surface area is 763 Å². The molecule has 0 bridgehead atoms. The summed E-state index contributed by atoms with van der Waals surface area (Å²) in [5, 5.41) is 7.23. The van der Waals surface area contributed by atoms with Gasteiger partial charge in [0, 0.05) is 32.3 Å². The van der Waals surface area contributed by atoms with Crippen LogP contribution in [0.15, 0.2) is 505 Å². The van der Waals surface area contributed by atoms with Crippen LogP contribution >= 0.6 is 0 Å². The maximum atomic E-state index is 5.78. The van der Waals surface area contributed by atoms with Crippen LogP contribution in [0.1, 0.15) is 38.9 Å². The summed E-state index contributed by atoms with van der Waals surface area (Å²) in [6.45, 7) is 14.8. The molecule has 0 aliphatic carbocycles. The van der Waals surface area contributed by atoms with E-state index in [2.05, 4.69) is 479 Å². The van der Waals surface area contributed by atoms with Crippen molar-refractivity contribution in [2.75, 3.05) is 0 Å². The molecule has 0 aliphatic rings. The molecule has 130 heavy (non-hydrogen) atoms. The zero-order chi connectivity index (χ0) is 88.9. The second-order valence-electron chi connectivity index (χ2n) is 33.0. The molecule has 23 aromatic rings. The van der Waals surface area contributed by atoms with Gasteiger partial charge in [-0.15, -0.1) is 0 Å². The van der Waals surface area contributed by atoms with Crippen LogP contribution in [0.2, 0.25) is 0 Å². The van der Waals surface area contributed by atoms with E-state index in [4.69, 9.17) is 13.3 Å². The SMILES string of the molecule is Cc1ccc(-c2cc(-c3ccccc3)cc(-c3ccccc3)c2)cc1.Cc1ccc(-c2ccc(-c3ccccc3)c(-c3ccccc3)c2)cc1.Cc1ccc(-c2ccccc2)c(-c2ccccc2)c1.Cc1ccc(-c2ccccc2)cc1-c1ccccc1.Cc1ccc2oc3ccccc3c2c1.Cc1cccc2c1oc1ccccc12.Cc1cccc2c1oc1ccccc12. The zero-order valence-electron chi connectivity index (χ0n) is 74.5. The Morgan fingerprint density at radius 1 is 0.123 bits per heavy atom. The first-order valence-electron chi connectivity index (χ1n) is 44.6. The summed E-state index contributed by atoms with van der Waals surface area (Å²) < 4.78 is 17.3. The Kier molecular flexibility index (Phi) is 27.3. The van der Waals surface area contributed by atoms with Crippen molar-refractivity contribution >= 4 is 65.8 Å². The quantitative estimate of drug-likeness (QED) is 0.137. The highest BCUT2D eigenvalue weighted by Crippen LogP contribution is 2.40. The number of hydrogen-bond acceptors (Lipinski definition) is 3. The molecular weight excluding hydrogens is 1570 g/mol. The van der Waals surface area contributed by atoms with E-state index in [-0.39, 0.29) is 0 Å². The molecule has 0 unspecified atom stereocenters. The smallest absolute Gasteiger partial charge is 0.138 e. The molecule has 0 fully saturated rings. The molecule has 3 nitrogen and oxygen atoms in total. The van der Waals surface area contributed by atoms with E-state index >= 15 is 0 Å². The monoisotopic (exact) mass is 1670 g/mol. The lowest BCUT2D eigenvalue weighted by atomic mass is 9.91. The van der Waals surface area contributed by atoms with E-state index in [9.17, 15) is 0 Å². The first-order chi connectivity index (χ1) is 63.9. The number of rotatable bonds is 10. The molecule has 20 aromatic carbocycles. The Morgan fingerprint density at radius 3 is 0.800 bits per heavy atom. The van der Waals surface area contributed by atoms with Gasteiger partial charge in [-0.3, -0.25) is 0 Å². The maximum Gasteiger partial charge on any atom is 0.138 e. The van der Waals surface area contributed by atoms with E-state index in [1.54, 1.807) is 0 Å². The third-order valence-corrected chi connectivity index (χ3v) is 23.6. The van der Waals surface area contributed by atoms with E-state index in [1.807, 2.05) is 60.7 Å². The van der Waals surface area contributed by atoms with Gasteiger partial charge in [0.05, 0.1) is 0 Å². The minimum Gasteiger partial charge on any atom is -0.456 e. The molecule has 0 spiro atoms. The molecule has 0 aliphatic heterocycles. The largest absolute Gasteiger partial charge is 0.456 e. The highest BCUT2D eigenvalue weighted by atomic mass is 16.3. The lowest BCUT2D eigenvalue weighted by Crippen LogP contribution is -1.87. The average Bonchev–Trinajstić information content (AvgIpc) is 1.59. The standard InChI is InChI=1S/2C25H20.2C19H16.3C13H10O/c1-19-12-14-22(15-13-19)25-17-23(20-8-4-2-5-9-20)16-24(18-25)21-10-6-3-7-11-21;1-19-12-14-20(15-13-19)23-16-17-24(21-8-4-2-5-9-21)25(18-23)22-10-6-3-7-11-22;1-15-12-13-18(16-8-4-2-5-9-16)14-19(15)17-10-6-3-7-11-17;1-15-12-13-18(16-8-4-2-5-9-16)19(14-15)17-10-6-3-7-11-17;2*1-9-5-4-7-11-10-6-2-3-8-12(10)14-13(9)11;1-9-6-7-13-11(8-9)10-4-2-3-5-12(10)14-13/h2*2-18H,1H3;2*2-14H,1H3;3*2-8H,1H3. The highest BCUT2D eigenvalue weighted by Gasteiger charge is 2.15. The molecule has 0 saturated carbocycles. The van der Waals surface area contributed by atoms with Gasteiger partial charge in [0.2, 0.25) is 0 Å². The van der Waals surface area contributed by atoms with Crippen LogP contribution in [0, 0.1) is 48.5 Å². The third-order valence-electron chi connectivity index (χ3n) is 23.6. The number of para-hydroxylation sites is 5. The molecule has 3 aromatic heterocycles. The van der Waals surface area contributed by atoms with Gasteiger partial charge in [-0.1, -0.05) is 453 Å². The predicted octanol–water partition coefficient (Wildman–Crippen LogP) is 36.3. The summed E-state index contributed by atoms with van der Waals surface area (Å²) in [6.07, 6.45) is 0. The molecule has 0 amide bonds. The van der Waals surface area contributed by atoms with Crippen molar-refractivity contribution in [2.24, 2.45) is 0 Å². The fourth-order valence-corrected chi connectivity index (χ4v) is 16.7. The summed E-state index contributed by atoms with van der Waals surface area (Å²) in [4.78, 5) is 0.